The number of para-hydroxylation sites is 1. The molecule has 134 valence electrons. The van der Waals surface area contributed by atoms with E-state index in [-0.39, 0.29) is 5.91 Å². The van der Waals surface area contributed by atoms with Gasteiger partial charge in [-0.05, 0) is 42.3 Å². The number of amides is 1. The first-order valence-electron chi connectivity index (χ1n) is 8.90. The lowest BCUT2D eigenvalue weighted by Crippen LogP contribution is -2.45. The summed E-state index contributed by atoms with van der Waals surface area (Å²) in [6.45, 7) is 5.93. The van der Waals surface area contributed by atoms with E-state index in [0.717, 1.165) is 37.4 Å². The molecular weight excluding hydrogens is 318 g/mol. The molecule has 25 heavy (non-hydrogen) atoms. The third-order valence-electron chi connectivity index (χ3n) is 4.79. The first-order valence-corrected chi connectivity index (χ1v) is 8.90. The number of aryl methyl sites for hydroxylation is 1. The number of unbranched alkanes of at least 4 members (excludes halogenated alkanes) is 1. The average molecular weight is 343 g/mol. The van der Waals surface area contributed by atoms with Crippen LogP contribution in [0.3, 0.4) is 0 Å². The van der Waals surface area contributed by atoms with E-state index in [2.05, 4.69) is 29.4 Å². The van der Waals surface area contributed by atoms with Crippen molar-refractivity contribution in [2.24, 2.45) is 0 Å². The molecule has 7 nitrogen and oxygen atoms in total. The van der Waals surface area contributed by atoms with Gasteiger partial charge in [0.25, 0.3) is 0 Å². The van der Waals surface area contributed by atoms with Crippen LogP contribution in [-0.2, 0) is 16.9 Å². The summed E-state index contributed by atoms with van der Waals surface area (Å²) in [5.41, 5.74) is -0.478. The number of hydrogen-bond acceptors (Lipinski definition) is 5. The number of carbonyl (C=O) groups excluding carboxylic acids is 1. The van der Waals surface area contributed by atoms with Gasteiger partial charge in [-0.3, -0.25) is 4.79 Å². The molecule has 1 fully saturated rings. The lowest BCUT2D eigenvalue weighted by Gasteiger charge is -2.34. The summed E-state index contributed by atoms with van der Waals surface area (Å²) < 4.78 is 7.61. The molecule has 0 bridgehead atoms. The lowest BCUT2D eigenvalue weighted by molar-refractivity contribution is -0.131. The van der Waals surface area contributed by atoms with Crippen molar-refractivity contribution in [3.05, 3.63) is 36.2 Å². The van der Waals surface area contributed by atoms with Gasteiger partial charge in [-0.25, -0.2) is 4.68 Å². The fraction of sp³-hybridized carbons (Fsp3) is 0.556. The highest BCUT2D eigenvalue weighted by Gasteiger charge is 2.46. The van der Waals surface area contributed by atoms with E-state index in [1.807, 2.05) is 39.9 Å². The summed E-state index contributed by atoms with van der Waals surface area (Å²) >= 11 is 0. The molecule has 1 unspecified atom stereocenters. The Kier molecular flexibility index (Phi) is 5.31. The van der Waals surface area contributed by atoms with Crippen LogP contribution in [-0.4, -0.2) is 44.2 Å². The SMILES string of the molecule is CCCCn1nnnc1C1(C)CCC(=O)N1CCOc1ccccc1. The van der Waals surface area contributed by atoms with Crippen LogP contribution in [0.5, 0.6) is 5.75 Å². The number of rotatable bonds is 8. The maximum Gasteiger partial charge on any atom is 0.223 e. The number of tetrazole rings is 1. The van der Waals surface area contributed by atoms with E-state index >= 15 is 0 Å². The Morgan fingerprint density at radius 3 is 2.80 bits per heavy atom. The molecule has 1 amide bonds. The second kappa shape index (κ2) is 7.63. The topological polar surface area (TPSA) is 73.1 Å². The molecule has 7 heteroatoms. The fourth-order valence-corrected chi connectivity index (χ4v) is 3.32. The van der Waals surface area contributed by atoms with Crippen molar-refractivity contribution < 1.29 is 9.53 Å². The Balaban J connectivity index is 1.71. The van der Waals surface area contributed by atoms with Crippen LogP contribution in [0.4, 0.5) is 0 Å². The van der Waals surface area contributed by atoms with Crippen LogP contribution in [0.1, 0.15) is 45.4 Å². The van der Waals surface area contributed by atoms with Crippen LogP contribution in [0.25, 0.3) is 0 Å². The van der Waals surface area contributed by atoms with Crippen LogP contribution in [0.2, 0.25) is 0 Å². The van der Waals surface area contributed by atoms with E-state index in [1.54, 1.807) is 0 Å². The standard InChI is InChI=1S/C18H25N5O2/c1-3-4-12-23-17(19-20-21-23)18(2)11-10-16(24)22(18)13-14-25-15-8-6-5-7-9-15/h5-9H,3-4,10-14H2,1-2H3. The minimum absolute atomic E-state index is 0.129. The van der Waals surface area contributed by atoms with Crippen LogP contribution < -0.4 is 4.74 Å². The Bertz CT molecular complexity index is 703. The molecule has 3 rings (SSSR count). The normalized spacial score (nSPS) is 20.2. The minimum Gasteiger partial charge on any atom is -0.492 e. The maximum atomic E-state index is 12.4. The summed E-state index contributed by atoms with van der Waals surface area (Å²) in [5.74, 6) is 1.71. The second-order valence-corrected chi connectivity index (χ2v) is 6.56. The van der Waals surface area contributed by atoms with E-state index < -0.39 is 5.54 Å². The zero-order valence-corrected chi connectivity index (χ0v) is 14.9. The van der Waals surface area contributed by atoms with E-state index in [0.29, 0.717) is 19.6 Å². The smallest absolute Gasteiger partial charge is 0.223 e. The highest BCUT2D eigenvalue weighted by molar-refractivity contribution is 5.79. The molecule has 0 N–H and O–H groups in total. The first kappa shape index (κ1) is 17.4. The van der Waals surface area contributed by atoms with Gasteiger partial charge in [0.1, 0.15) is 17.9 Å². The van der Waals surface area contributed by atoms with Crippen molar-refractivity contribution in [1.82, 2.24) is 25.1 Å². The molecule has 0 radical (unpaired) electrons. The van der Waals surface area contributed by atoms with E-state index in [4.69, 9.17) is 4.74 Å². The maximum absolute atomic E-state index is 12.4. The number of benzene rings is 1. The van der Waals surface area contributed by atoms with Crippen molar-refractivity contribution in [2.75, 3.05) is 13.2 Å². The summed E-state index contributed by atoms with van der Waals surface area (Å²) in [6.07, 6.45) is 3.33. The molecule has 0 aliphatic carbocycles. The number of aromatic nitrogens is 4. The Hall–Kier alpha value is -2.44. The predicted molar refractivity (Wildman–Crippen MR) is 93.0 cm³/mol. The zero-order chi connectivity index (χ0) is 17.7. The lowest BCUT2D eigenvalue weighted by atomic mass is 9.97. The molecule has 1 aromatic heterocycles. The number of hydrogen-bond donors (Lipinski definition) is 0. The second-order valence-electron chi connectivity index (χ2n) is 6.56. The van der Waals surface area contributed by atoms with Crippen LogP contribution >= 0.6 is 0 Å². The number of ether oxygens (including phenoxy) is 1. The van der Waals surface area contributed by atoms with Gasteiger partial charge in [0, 0.05) is 13.0 Å². The third kappa shape index (κ3) is 3.65. The average Bonchev–Trinajstić information content (AvgIpc) is 3.21. The summed E-state index contributed by atoms with van der Waals surface area (Å²) in [4.78, 5) is 14.3. The summed E-state index contributed by atoms with van der Waals surface area (Å²) in [6, 6.07) is 9.64. The largest absolute Gasteiger partial charge is 0.492 e. The minimum atomic E-state index is -0.478. The molecule has 0 spiro atoms. The van der Waals surface area contributed by atoms with E-state index in [9.17, 15) is 4.79 Å². The zero-order valence-electron chi connectivity index (χ0n) is 14.9. The molecule has 1 aliphatic heterocycles. The highest BCUT2D eigenvalue weighted by atomic mass is 16.5. The fourth-order valence-electron chi connectivity index (χ4n) is 3.32. The van der Waals surface area contributed by atoms with Gasteiger partial charge in [0.05, 0.1) is 6.54 Å². The van der Waals surface area contributed by atoms with Crippen LogP contribution in [0, 0.1) is 0 Å². The summed E-state index contributed by atoms with van der Waals surface area (Å²) in [7, 11) is 0. The molecule has 1 atom stereocenters. The van der Waals surface area contributed by atoms with E-state index in [1.165, 1.54) is 0 Å². The Morgan fingerprint density at radius 2 is 2.04 bits per heavy atom. The molecule has 1 saturated heterocycles. The first-order chi connectivity index (χ1) is 12.1. The van der Waals surface area contributed by atoms with Crippen molar-refractivity contribution in [1.29, 1.82) is 0 Å². The van der Waals surface area contributed by atoms with Gasteiger partial charge >= 0.3 is 0 Å². The molecule has 2 heterocycles. The molecule has 1 aromatic carbocycles. The molecule has 2 aromatic rings. The van der Waals surface area contributed by atoms with Crippen molar-refractivity contribution >= 4 is 5.91 Å². The number of likely N-dealkylation sites (tertiary alicyclic amines) is 1. The monoisotopic (exact) mass is 343 g/mol. The molecule has 1 aliphatic rings. The van der Waals surface area contributed by atoms with Crippen LogP contribution in [0.15, 0.2) is 30.3 Å². The quantitative estimate of drug-likeness (QED) is 0.736. The molecular formula is C18H25N5O2. The predicted octanol–water partition coefficient (Wildman–Crippen LogP) is 2.39. The van der Waals surface area contributed by atoms with Crippen molar-refractivity contribution in [3.8, 4) is 5.75 Å². The van der Waals surface area contributed by atoms with Gasteiger partial charge in [0.15, 0.2) is 5.82 Å². The summed E-state index contributed by atoms with van der Waals surface area (Å²) in [5, 5.41) is 12.2. The van der Waals surface area contributed by atoms with Gasteiger partial charge < -0.3 is 9.64 Å². The Morgan fingerprint density at radius 1 is 1.24 bits per heavy atom. The Labute approximate surface area is 148 Å². The van der Waals surface area contributed by atoms with Gasteiger partial charge in [-0.2, -0.15) is 0 Å². The van der Waals surface area contributed by atoms with Crippen molar-refractivity contribution in [3.63, 3.8) is 0 Å². The van der Waals surface area contributed by atoms with Crippen molar-refractivity contribution in [2.45, 2.75) is 51.6 Å². The van der Waals surface area contributed by atoms with Gasteiger partial charge in [0.2, 0.25) is 5.91 Å². The number of nitrogens with zero attached hydrogens (tertiary/aromatic N) is 5. The number of carbonyl (C=O) groups is 1. The van der Waals surface area contributed by atoms with Gasteiger partial charge in [-0.1, -0.05) is 31.5 Å². The third-order valence-corrected chi connectivity index (χ3v) is 4.79. The van der Waals surface area contributed by atoms with Gasteiger partial charge in [-0.15, -0.1) is 5.10 Å². The molecule has 0 saturated carbocycles. The highest BCUT2D eigenvalue weighted by Crippen LogP contribution is 2.37.